The van der Waals surface area contributed by atoms with Crippen molar-refractivity contribution in [2.45, 2.75) is 27.2 Å². The number of carbonyl (C=O) groups excluding carboxylic acids is 2. The van der Waals surface area contributed by atoms with E-state index in [9.17, 15) is 9.59 Å². The van der Waals surface area contributed by atoms with Gasteiger partial charge in [0.1, 0.15) is 12.4 Å². The van der Waals surface area contributed by atoms with Crippen molar-refractivity contribution in [1.29, 1.82) is 0 Å². The molecule has 0 aliphatic carbocycles. The zero-order valence-electron chi connectivity index (χ0n) is 13.0. The van der Waals surface area contributed by atoms with E-state index in [1.165, 1.54) is 0 Å². The first-order valence-electron chi connectivity index (χ1n) is 7.32. The van der Waals surface area contributed by atoms with Crippen molar-refractivity contribution in [3.05, 3.63) is 23.8 Å². The minimum Gasteiger partial charge on any atom is -0.445 e. The molecule has 4 nitrogen and oxygen atoms in total. The predicted octanol–water partition coefficient (Wildman–Crippen LogP) is 3.57. The van der Waals surface area contributed by atoms with Crippen LogP contribution in [-0.2, 0) is 9.53 Å². The number of Topliss-reactive ketones (excluding diaryl/α,β-unsaturated/α-hetero) is 1. The second kappa shape index (κ2) is 9.03. The summed E-state index contributed by atoms with van der Waals surface area (Å²) in [6.45, 7) is 7.27. The molecule has 1 fully saturated rings. The van der Waals surface area contributed by atoms with Crippen LogP contribution >= 0.6 is 15.9 Å². The number of halogens is 1. The van der Waals surface area contributed by atoms with Crippen molar-refractivity contribution in [3.63, 3.8) is 0 Å². The Morgan fingerprint density at radius 1 is 1.38 bits per heavy atom. The summed E-state index contributed by atoms with van der Waals surface area (Å²) in [6, 6.07) is 0. The van der Waals surface area contributed by atoms with Crippen molar-refractivity contribution in [1.82, 2.24) is 4.90 Å². The van der Waals surface area contributed by atoms with Gasteiger partial charge < -0.3 is 9.64 Å². The van der Waals surface area contributed by atoms with Crippen molar-refractivity contribution < 1.29 is 14.3 Å². The van der Waals surface area contributed by atoms with Gasteiger partial charge in [0.05, 0.1) is 5.33 Å². The fraction of sp³-hybridized carbons (Fsp3) is 0.625. The summed E-state index contributed by atoms with van der Waals surface area (Å²) in [5.74, 6) is 0.338. The lowest BCUT2D eigenvalue weighted by molar-refractivity contribution is -0.120. The smallest absolute Gasteiger partial charge is 0.410 e. The quantitative estimate of drug-likeness (QED) is 0.539. The third kappa shape index (κ3) is 5.30. The number of amides is 1. The van der Waals surface area contributed by atoms with Crippen molar-refractivity contribution in [2.24, 2.45) is 11.8 Å². The highest BCUT2D eigenvalue weighted by Gasteiger charge is 2.38. The third-order valence-electron chi connectivity index (χ3n) is 3.77. The van der Waals surface area contributed by atoms with Crippen LogP contribution < -0.4 is 0 Å². The molecule has 118 valence electrons. The van der Waals surface area contributed by atoms with Gasteiger partial charge in [-0.3, -0.25) is 4.79 Å². The third-order valence-corrected chi connectivity index (χ3v) is 4.32. The van der Waals surface area contributed by atoms with Gasteiger partial charge in [-0.15, -0.1) is 0 Å². The maximum absolute atomic E-state index is 12.1. The Labute approximate surface area is 135 Å². The number of ketones is 1. The molecule has 1 amide bonds. The monoisotopic (exact) mass is 357 g/mol. The van der Waals surface area contributed by atoms with Gasteiger partial charge in [-0.1, -0.05) is 47.5 Å². The van der Waals surface area contributed by atoms with E-state index in [0.717, 1.165) is 12.0 Å². The van der Waals surface area contributed by atoms with Gasteiger partial charge >= 0.3 is 6.09 Å². The average molecular weight is 358 g/mol. The lowest BCUT2D eigenvalue weighted by Gasteiger charge is -2.16. The van der Waals surface area contributed by atoms with E-state index in [2.05, 4.69) is 22.9 Å². The Kier molecular flexibility index (Phi) is 7.72. The van der Waals surface area contributed by atoms with Crippen LogP contribution in [0.3, 0.4) is 0 Å². The molecule has 0 aromatic heterocycles. The number of alkyl halides is 1. The number of likely N-dealkylation sites (tertiary alicyclic amines) is 1. The first-order chi connectivity index (χ1) is 10.0. The summed E-state index contributed by atoms with van der Waals surface area (Å²) in [5, 5.41) is 0.349. The average Bonchev–Trinajstić information content (AvgIpc) is 2.93. The molecule has 1 rings (SSSR count). The molecule has 1 saturated heterocycles. The topological polar surface area (TPSA) is 46.6 Å². The number of allylic oxidation sites excluding steroid dienone is 3. The van der Waals surface area contributed by atoms with Gasteiger partial charge in [-0.25, -0.2) is 4.79 Å². The van der Waals surface area contributed by atoms with E-state index < -0.39 is 0 Å². The zero-order valence-corrected chi connectivity index (χ0v) is 14.6. The maximum Gasteiger partial charge on any atom is 0.410 e. The van der Waals surface area contributed by atoms with E-state index in [1.54, 1.807) is 4.90 Å². The number of hydrogen-bond acceptors (Lipinski definition) is 3. The molecule has 2 atom stereocenters. The molecule has 21 heavy (non-hydrogen) atoms. The highest BCUT2D eigenvalue weighted by atomic mass is 79.9. The molecule has 0 saturated carbocycles. The van der Waals surface area contributed by atoms with Gasteiger partial charge in [0.25, 0.3) is 0 Å². The van der Waals surface area contributed by atoms with Gasteiger partial charge in [-0.05, 0) is 25.3 Å². The second-order valence-corrected chi connectivity index (χ2v) is 5.93. The molecule has 0 aromatic rings. The van der Waals surface area contributed by atoms with E-state index in [1.807, 2.05) is 32.1 Å². The first kappa shape index (κ1) is 18.0. The van der Waals surface area contributed by atoms with Crippen LogP contribution in [0.4, 0.5) is 4.79 Å². The summed E-state index contributed by atoms with van der Waals surface area (Å²) in [6.07, 6.45) is 6.33. The summed E-state index contributed by atoms with van der Waals surface area (Å²) in [4.78, 5) is 25.6. The Balaban J connectivity index is 2.54. The molecule has 5 heteroatoms. The SMILES string of the molecule is C/C=C\C=C(/C)COC(=O)N1C[C@@H](CC)[C@@H](C(=O)CBr)C1. The molecule has 1 aliphatic heterocycles. The van der Waals surface area contributed by atoms with E-state index in [4.69, 9.17) is 4.74 Å². The van der Waals surface area contributed by atoms with Crippen LogP contribution in [-0.4, -0.2) is 41.8 Å². The number of rotatable bonds is 6. The number of hydrogen-bond donors (Lipinski definition) is 0. The Bertz CT molecular complexity index is 431. The van der Waals surface area contributed by atoms with Crippen LogP contribution in [0.25, 0.3) is 0 Å². The van der Waals surface area contributed by atoms with Gasteiger partial charge in [0.15, 0.2) is 0 Å². The number of carbonyl (C=O) groups is 2. The van der Waals surface area contributed by atoms with Crippen LogP contribution in [0.15, 0.2) is 23.8 Å². The molecule has 0 N–H and O–H groups in total. The van der Waals surface area contributed by atoms with E-state index in [0.29, 0.717) is 18.4 Å². The van der Waals surface area contributed by atoms with Gasteiger partial charge in [0, 0.05) is 19.0 Å². The summed E-state index contributed by atoms with van der Waals surface area (Å²) in [7, 11) is 0. The highest BCUT2D eigenvalue weighted by molar-refractivity contribution is 9.09. The molecule has 0 unspecified atom stereocenters. The summed E-state index contributed by atoms with van der Waals surface area (Å²) in [5.41, 5.74) is 0.987. The van der Waals surface area contributed by atoms with Crippen molar-refractivity contribution >= 4 is 27.8 Å². The van der Waals surface area contributed by atoms with Crippen LogP contribution in [0.1, 0.15) is 27.2 Å². The van der Waals surface area contributed by atoms with E-state index >= 15 is 0 Å². The van der Waals surface area contributed by atoms with Crippen LogP contribution in [0.5, 0.6) is 0 Å². The highest BCUT2D eigenvalue weighted by Crippen LogP contribution is 2.28. The summed E-state index contributed by atoms with van der Waals surface area (Å²) < 4.78 is 5.30. The van der Waals surface area contributed by atoms with Crippen LogP contribution in [0.2, 0.25) is 0 Å². The first-order valence-corrected chi connectivity index (χ1v) is 8.44. The summed E-state index contributed by atoms with van der Waals surface area (Å²) >= 11 is 3.21. The van der Waals surface area contributed by atoms with Crippen molar-refractivity contribution in [2.75, 3.05) is 25.0 Å². The minimum atomic E-state index is -0.327. The second-order valence-electron chi connectivity index (χ2n) is 5.37. The number of ether oxygens (including phenoxy) is 1. The molecule has 0 aromatic carbocycles. The van der Waals surface area contributed by atoms with E-state index in [-0.39, 0.29) is 30.3 Å². The zero-order chi connectivity index (χ0) is 15.8. The Morgan fingerprint density at radius 2 is 2.10 bits per heavy atom. The maximum atomic E-state index is 12.1. The molecular formula is C16H24BrNO3. The molecule has 1 aliphatic rings. The molecule has 1 heterocycles. The predicted molar refractivity (Wildman–Crippen MR) is 87.6 cm³/mol. The van der Waals surface area contributed by atoms with Crippen LogP contribution in [0, 0.1) is 11.8 Å². The lowest BCUT2D eigenvalue weighted by atomic mass is 9.91. The molecular weight excluding hydrogens is 334 g/mol. The lowest BCUT2D eigenvalue weighted by Crippen LogP contribution is -2.31. The number of nitrogens with zero attached hydrogens (tertiary/aromatic N) is 1. The fourth-order valence-corrected chi connectivity index (χ4v) is 2.89. The Morgan fingerprint density at radius 3 is 2.67 bits per heavy atom. The van der Waals surface area contributed by atoms with Crippen molar-refractivity contribution in [3.8, 4) is 0 Å². The fourth-order valence-electron chi connectivity index (χ4n) is 2.47. The minimum absolute atomic E-state index is 0.0680. The molecule has 0 bridgehead atoms. The van der Waals surface area contributed by atoms with Gasteiger partial charge in [0.2, 0.25) is 0 Å². The van der Waals surface area contributed by atoms with Gasteiger partial charge in [-0.2, -0.15) is 0 Å². The molecule has 0 spiro atoms. The Hall–Kier alpha value is -1.10. The molecule has 0 radical (unpaired) electrons. The largest absolute Gasteiger partial charge is 0.445 e. The standard InChI is InChI=1S/C16H24BrNO3/c1-4-6-7-12(3)11-21-16(20)18-9-13(5-2)14(10-18)15(19)8-17/h4,6-7,13-14H,5,8-11H2,1-3H3/b6-4-,12-7+/t13-,14+/m1/s1. The normalized spacial score (nSPS) is 22.9.